The molecule has 1 aliphatic rings. The standard InChI is InChI=1S/C14H19F3N2O2S/c1-3-18(2)12-8-9-19(10-12)11-4-6-13(7-5-11)22(20,21)14(15,16)17/h4-7,12H,3,8-10H2,1-2H3/t12-/m1/s1. The zero-order chi connectivity index (χ0) is 16.5. The van der Waals surface area contributed by atoms with Crippen molar-refractivity contribution in [3.63, 3.8) is 0 Å². The lowest BCUT2D eigenvalue weighted by atomic mass is 10.2. The normalized spacial score (nSPS) is 19.9. The third-order valence-corrected chi connectivity index (χ3v) is 5.60. The summed E-state index contributed by atoms with van der Waals surface area (Å²) in [4.78, 5) is 3.56. The van der Waals surface area contributed by atoms with Gasteiger partial charge in [0.1, 0.15) is 0 Å². The van der Waals surface area contributed by atoms with Crippen molar-refractivity contribution in [2.24, 2.45) is 0 Å². The minimum absolute atomic E-state index is 0.406. The Morgan fingerprint density at radius 1 is 1.27 bits per heavy atom. The molecule has 1 saturated heterocycles. The van der Waals surface area contributed by atoms with Gasteiger partial charge in [0.05, 0.1) is 4.90 Å². The molecule has 0 amide bonds. The fourth-order valence-corrected chi connectivity index (χ4v) is 3.33. The van der Waals surface area contributed by atoms with Crippen molar-refractivity contribution >= 4 is 15.5 Å². The summed E-state index contributed by atoms with van der Waals surface area (Å²) >= 11 is 0. The molecular weight excluding hydrogens is 317 g/mol. The Hall–Kier alpha value is -1.28. The molecule has 1 aromatic carbocycles. The van der Waals surface area contributed by atoms with Crippen LogP contribution in [0.15, 0.2) is 29.2 Å². The highest BCUT2D eigenvalue weighted by Gasteiger charge is 2.46. The Bertz CT molecular complexity index is 614. The largest absolute Gasteiger partial charge is 0.501 e. The molecule has 8 heteroatoms. The second kappa shape index (κ2) is 6.08. The number of rotatable bonds is 4. The summed E-state index contributed by atoms with van der Waals surface area (Å²) in [5, 5.41) is 0. The molecule has 0 saturated carbocycles. The third kappa shape index (κ3) is 3.22. The van der Waals surface area contributed by atoms with Crippen LogP contribution in [0.3, 0.4) is 0 Å². The van der Waals surface area contributed by atoms with Gasteiger partial charge in [-0.2, -0.15) is 13.2 Å². The second-order valence-electron chi connectivity index (χ2n) is 5.40. The Morgan fingerprint density at radius 3 is 2.36 bits per heavy atom. The van der Waals surface area contributed by atoms with E-state index >= 15 is 0 Å². The minimum atomic E-state index is -5.27. The molecule has 0 aromatic heterocycles. The van der Waals surface area contributed by atoms with E-state index in [1.807, 2.05) is 7.05 Å². The first-order chi connectivity index (χ1) is 10.2. The van der Waals surface area contributed by atoms with Crippen molar-refractivity contribution in [1.29, 1.82) is 0 Å². The van der Waals surface area contributed by atoms with Crippen LogP contribution in [0.5, 0.6) is 0 Å². The van der Waals surface area contributed by atoms with Crippen molar-refractivity contribution in [2.45, 2.75) is 29.8 Å². The molecule has 0 radical (unpaired) electrons. The van der Waals surface area contributed by atoms with Gasteiger partial charge in [0.2, 0.25) is 0 Å². The summed E-state index contributed by atoms with van der Waals surface area (Å²) in [6, 6.07) is 5.33. The zero-order valence-electron chi connectivity index (χ0n) is 12.5. The van der Waals surface area contributed by atoms with E-state index in [4.69, 9.17) is 0 Å². The third-order valence-electron chi connectivity index (χ3n) is 4.10. The zero-order valence-corrected chi connectivity index (χ0v) is 13.3. The lowest BCUT2D eigenvalue weighted by molar-refractivity contribution is -0.0436. The number of anilines is 1. The molecule has 4 nitrogen and oxygen atoms in total. The van der Waals surface area contributed by atoms with Gasteiger partial charge in [-0.3, -0.25) is 0 Å². The van der Waals surface area contributed by atoms with Gasteiger partial charge >= 0.3 is 5.51 Å². The number of halogens is 3. The molecule has 22 heavy (non-hydrogen) atoms. The van der Waals surface area contributed by atoms with Gasteiger partial charge in [-0.25, -0.2) is 8.42 Å². The first kappa shape index (κ1) is 17.1. The average Bonchev–Trinajstić information content (AvgIpc) is 2.95. The van der Waals surface area contributed by atoms with E-state index in [0.29, 0.717) is 6.04 Å². The molecule has 1 heterocycles. The molecule has 1 aromatic rings. The lowest BCUT2D eigenvalue weighted by Crippen LogP contribution is -2.34. The van der Waals surface area contributed by atoms with Crippen molar-refractivity contribution in [2.75, 3.05) is 31.6 Å². The van der Waals surface area contributed by atoms with E-state index in [-0.39, 0.29) is 0 Å². The highest BCUT2D eigenvalue weighted by molar-refractivity contribution is 7.92. The van der Waals surface area contributed by atoms with Crippen molar-refractivity contribution in [3.05, 3.63) is 24.3 Å². The Kier molecular flexibility index (Phi) is 4.72. The van der Waals surface area contributed by atoms with Crippen LogP contribution in [0.1, 0.15) is 13.3 Å². The molecule has 0 aliphatic carbocycles. The van der Waals surface area contributed by atoms with Gasteiger partial charge in [-0.15, -0.1) is 0 Å². The summed E-state index contributed by atoms with van der Waals surface area (Å²) < 4.78 is 60.1. The van der Waals surface area contributed by atoms with Gasteiger partial charge in [-0.1, -0.05) is 6.92 Å². The molecule has 2 rings (SSSR count). The van der Waals surface area contributed by atoms with Crippen LogP contribution in [0, 0.1) is 0 Å². The molecule has 0 spiro atoms. The van der Waals surface area contributed by atoms with Crippen LogP contribution in [-0.4, -0.2) is 51.5 Å². The maximum Gasteiger partial charge on any atom is 0.501 e. The Balaban J connectivity index is 2.14. The van der Waals surface area contributed by atoms with Crippen LogP contribution in [-0.2, 0) is 9.84 Å². The van der Waals surface area contributed by atoms with Crippen molar-refractivity contribution in [3.8, 4) is 0 Å². The molecule has 0 N–H and O–H groups in total. The smallest absolute Gasteiger partial charge is 0.370 e. The number of sulfone groups is 1. The van der Waals surface area contributed by atoms with Crippen LogP contribution < -0.4 is 4.90 Å². The van der Waals surface area contributed by atoms with Crippen molar-refractivity contribution in [1.82, 2.24) is 4.90 Å². The second-order valence-corrected chi connectivity index (χ2v) is 7.35. The first-order valence-electron chi connectivity index (χ1n) is 7.03. The van der Waals surface area contributed by atoms with E-state index in [2.05, 4.69) is 16.7 Å². The lowest BCUT2D eigenvalue weighted by Gasteiger charge is -2.24. The fourth-order valence-electron chi connectivity index (χ4n) is 2.56. The Morgan fingerprint density at radius 2 is 1.86 bits per heavy atom. The van der Waals surface area contributed by atoms with Gasteiger partial charge in [0.15, 0.2) is 0 Å². The molecule has 1 aliphatic heterocycles. The van der Waals surface area contributed by atoms with Gasteiger partial charge < -0.3 is 9.80 Å². The fraction of sp³-hybridized carbons (Fsp3) is 0.571. The summed E-state index contributed by atoms with van der Waals surface area (Å²) in [5.74, 6) is 0. The molecule has 0 bridgehead atoms. The maximum atomic E-state index is 12.5. The van der Waals surface area contributed by atoms with Crippen LogP contribution in [0.2, 0.25) is 0 Å². The van der Waals surface area contributed by atoms with E-state index in [1.54, 1.807) is 0 Å². The summed E-state index contributed by atoms with van der Waals surface area (Å²) in [5.41, 5.74) is -4.52. The number of benzene rings is 1. The van der Waals surface area contributed by atoms with Gasteiger partial charge in [-0.05, 0) is 44.3 Å². The average molecular weight is 336 g/mol. The van der Waals surface area contributed by atoms with Gasteiger partial charge in [0.25, 0.3) is 9.84 Å². The van der Waals surface area contributed by atoms with Crippen LogP contribution in [0.25, 0.3) is 0 Å². The predicted octanol–water partition coefficient (Wildman–Crippen LogP) is 2.51. The number of likely N-dealkylation sites (N-methyl/N-ethyl adjacent to an activating group) is 1. The van der Waals surface area contributed by atoms with E-state index < -0.39 is 20.2 Å². The number of hydrogen-bond donors (Lipinski definition) is 0. The molecule has 0 unspecified atom stereocenters. The number of hydrogen-bond acceptors (Lipinski definition) is 4. The molecule has 1 atom stereocenters. The molecule has 1 fully saturated rings. The van der Waals surface area contributed by atoms with E-state index in [1.165, 1.54) is 12.1 Å². The highest BCUT2D eigenvalue weighted by Crippen LogP contribution is 2.31. The molecular formula is C14H19F3N2O2S. The SMILES string of the molecule is CCN(C)[C@@H]1CCN(c2ccc(S(=O)(=O)C(F)(F)F)cc2)C1. The number of nitrogens with zero attached hydrogens (tertiary/aromatic N) is 2. The quantitative estimate of drug-likeness (QED) is 0.847. The Labute approximate surface area is 128 Å². The van der Waals surface area contributed by atoms with Crippen LogP contribution >= 0.6 is 0 Å². The highest BCUT2D eigenvalue weighted by atomic mass is 32.2. The van der Waals surface area contributed by atoms with E-state index in [0.717, 1.165) is 43.9 Å². The predicted molar refractivity (Wildman–Crippen MR) is 78.6 cm³/mol. The van der Waals surface area contributed by atoms with Gasteiger partial charge in [0, 0.05) is 24.8 Å². The summed E-state index contributed by atoms with van der Waals surface area (Å²) in [6.45, 7) is 4.59. The van der Waals surface area contributed by atoms with Crippen molar-refractivity contribution < 1.29 is 21.6 Å². The summed E-state index contributed by atoms with van der Waals surface area (Å²) in [6.07, 6.45) is 0.979. The maximum absolute atomic E-state index is 12.5. The van der Waals surface area contributed by atoms with Crippen LogP contribution in [0.4, 0.5) is 18.9 Å². The monoisotopic (exact) mass is 336 g/mol. The molecule has 124 valence electrons. The first-order valence-corrected chi connectivity index (χ1v) is 8.51. The summed E-state index contributed by atoms with van der Waals surface area (Å²) in [7, 11) is -3.24. The topological polar surface area (TPSA) is 40.6 Å². The number of alkyl halides is 3. The van der Waals surface area contributed by atoms with E-state index in [9.17, 15) is 21.6 Å². The minimum Gasteiger partial charge on any atom is -0.370 e.